The van der Waals surface area contributed by atoms with Gasteiger partial charge in [0.15, 0.2) is 0 Å². The molecule has 0 nitrogen and oxygen atoms in total. The molecule has 0 aromatic rings. The van der Waals surface area contributed by atoms with E-state index in [9.17, 15) is 0 Å². The van der Waals surface area contributed by atoms with E-state index in [-0.39, 0.29) is 0 Å². The maximum absolute atomic E-state index is 3.79. The first-order valence-corrected chi connectivity index (χ1v) is 7.38. The summed E-state index contributed by atoms with van der Waals surface area (Å²) in [6, 6.07) is 0. The van der Waals surface area contributed by atoms with Crippen molar-refractivity contribution in [2.75, 3.05) is 5.33 Å². The lowest BCUT2D eigenvalue weighted by Gasteiger charge is -2.38. The van der Waals surface area contributed by atoms with Gasteiger partial charge in [0, 0.05) is 5.33 Å². The minimum atomic E-state index is 0.693. The molecule has 0 amide bonds. The van der Waals surface area contributed by atoms with Crippen LogP contribution in [0.3, 0.4) is 0 Å². The minimum Gasteiger partial charge on any atom is -0.0922 e. The molecule has 0 heterocycles. The average Bonchev–Trinajstić information content (AvgIpc) is 2.77. The number of halogens is 1. The van der Waals surface area contributed by atoms with Crippen molar-refractivity contribution < 1.29 is 0 Å². The van der Waals surface area contributed by atoms with Gasteiger partial charge in [0.2, 0.25) is 0 Å². The standard InChI is InChI=1S/C13H23Br/c1-3-10(2)7-13(9-14)8-11-4-5-12(13)6-11/h10-12H,3-9H2,1-2H3. The molecule has 0 N–H and O–H groups in total. The van der Waals surface area contributed by atoms with Gasteiger partial charge in [-0.2, -0.15) is 0 Å². The van der Waals surface area contributed by atoms with E-state index in [4.69, 9.17) is 0 Å². The van der Waals surface area contributed by atoms with Gasteiger partial charge in [-0.25, -0.2) is 0 Å². The van der Waals surface area contributed by atoms with Gasteiger partial charge in [-0.05, 0) is 48.9 Å². The first-order chi connectivity index (χ1) is 6.70. The molecule has 2 aliphatic rings. The van der Waals surface area contributed by atoms with Crippen LogP contribution in [0.5, 0.6) is 0 Å². The molecule has 4 atom stereocenters. The van der Waals surface area contributed by atoms with Crippen LogP contribution in [0.2, 0.25) is 0 Å². The van der Waals surface area contributed by atoms with Crippen LogP contribution < -0.4 is 0 Å². The van der Waals surface area contributed by atoms with Crippen LogP contribution >= 0.6 is 15.9 Å². The van der Waals surface area contributed by atoms with E-state index in [0.717, 1.165) is 17.8 Å². The molecule has 2 fully saturated rings. The van der Waals surface area contributed by atoms with E-state index in [2.05, 4.69) is 29.8 Å². The average molecular weight is 259 g/mol. The summed E-state index contributed by atoms with van der Waals surface area (Å²) in [5.41, 5.74) is 0.693. The highest BCUT2D eigenvalue weighted by Gasteiger charge is 2.50. The van der Waals surface area contributed by atoms with Crippen molar-refractivity contribution in [3.8, 4) is 0 Å². The van der Waals surface area contributed by atoms with Crippen LogP contribution in [0, 0.1) is 23.2 Å². The monoisotopic (exact) mass is 258 g/mol. The first kappa shape index (κ1) is 11.0. The molecule has 0 aromatic heterocycles. The van der Waals surface area contributed by atoms with Crippen LogP contribution in [0.15, 0.2) is 0 Å². The van der Waals surface area contributed by atoms with E-state index in [1.54, 1.807) is 6.42 Å². The molecule has 0 saturated heterocycles. The lowest BCUT2D eigenvalue weighted by molar-refractivity contribution is 0.152. The van der Waals surface area contributed by atoms with Gasteiger partial charge in [0.25, 0.3) is 0 Å². The molecule has 82 valence electrons. The van der Waals surface area contributed by atoms with Gasteiger partial charge in [0.05, 0.1) is 0 Å². The number of alkyl halides is 1. The Bertz CT molecular complexity index is 201. The highest BCUT2D eigenvalue weighted by atomic mass is 79.9. The van der Waals surface area contributed by atoms with Gasteiger partial charge in [-0.3, -0.25) is 0 Å². The third kappa shape index (κ3) is 1.77. The maximum Gasteiger partial charge on any atom is 0.00908 e. The van der Waals surface area contributed by atoms with Crippen LogP contribution in [0.25, 0.3) is 0 Å². The van der Waals surface area contributed by atoms with Gasteiger partial charge in [0.1, 0.15) is 0 Å². The third-order valence-corrected chi connectivity index (χ3v) is 5.94. The molecule has 0 aliphatic heterocycles. The van der Waals surface area contributed by atoms with Crippen molar-refractivity contribution in [3.63, 3.8) is 0 Å². The fourth-order valence-electron chi connectivity index (χ4n) is 3.86. The molecule has 1 heteroatoms. The van der Waals surface area contributed by atoms with Gasteiger partial charge in [-0.15, -0.1) is 0 Å². The molecule has 2 rings (SSSR count). The fourth-order valence-corrected chi connectivity index (χ4v) is 4.78. The van der Waals surface area contributed by atoms with E-state index < -0.39 is 0 Å². The van der Waals surface area contributed by atoms with Crippen LogP contribution in [0.1, 0.15) is 52.4 Å². The summed E-state index contributed by atoms with van der Waals surface area (Å²) in [7, 11) is 0. The van der Waals surface area contributed by atoms with Crippen LogP contribution in [-0.2, 0) is 0 Å². The zero-order valence-electron chi connectivity index (χ0n) is 9.56. The Morgan fingerprint density at radius 3 is 2.64 bits per heavy atom. The molecule has 0 radical (unpaired) electrons. The molecule has 4 unspecified atom stereocenters. The fraction of sp³-hybridized carbons (Fsp3) is 1.00. The molecule has 2 aliphatic carbocycles. The highest BCUT2D eigenvalue weighted by Crippen LogP contribution is 2.59. The smallest absolute Gasteiger partial charge is 0.00908 e. The molecule has 0 aromatic carbocycles. The zero-order valence-corrected chi connectivity index (χ0v) is 11.1. The second-order valence-corrected chi connectivity index (χ2v) is 6.35. The quantitative estimate of drug-likeness (QED) is 0.646. The first-order valence-electron chi connectivity index (χ1n) is 6.26. The van der Waals surface area contributed by atoms with Crippen molar-refractivity contribution >= 4 is 15.9 Å². The zero-order chi connectivity index (χ0) is 10.2. The third-order valence-electron chi connectivity index (χ3n) is 4.82. The van der Waals surface area contributed by atoms with E-state index in [0.29, 0.717) is 5.41 Å². The van der Waals surface area contributed by atoms with E-state index in [1.165, 1.54) is 37.4 Å². The molecular weight excluding hydrogens is 236 g/mol. The lowest BCUT2D eigenvalue weighted by Crippen LogP contribution is -2.31. The number of hydrogen-bond acceptors (Lipinski definition) is 0. The Kier molecular flexibility index (Phi) is 3.26. The summed E-state index contributed by atoms with van der Waals surface area (Å²) >= 11 is 3.79. The van der Waals surface area contributed by atoms with Crippen molar-refractivity contribution in [2.45, 2.75) is 52.4 Å². The predicted molar refractivity (Wildman–Crippen MR) is 65.7 cm³/mol. The summed E-state index contributed by atoms with van der Waals surface area (Å²) in [5.74, 6) is 3.06. The summed E-state index contributed by atoms with van der Waals surface area (Å²) in [6.45, 7) is 4.76. The Morgan fingerprint density at radius 1 is 1.43 bits per heavy atom. The Hall–Kier alpha value is 0.480. The predicted octanol–water partition coefficient (Wildman–Crippen LogP) is 4.62. The SMILES string of the molecule is CCC(C)CC1(CBr)CC2CCC1C2. The van der Waals surface area contributed by atoms with E-state index in [1.807, 2.05) is 0 Å². The second kappa shape index (κ2) is 4.15. The molecular formula is C13H23Br. The largest absolute Gasteiger partial charge is 0.0922 e. The Balaban J connectivity index is 2.03. The van der Waals surface area contributed by atoms with E-state index >= 15 is 0 Å². The van der Waals surface area contributed by atoms with Crippen molar-refractivity contribution in [1.82, 2.24) is 0 Å². The molecule has 2 saturated carbocycles. The number of rotatable bonds is 4. The number of fused-ring (bicyclic) bond motifs is 2. The summed E-state index contributed by atoms with van der Waals surface area (Å²) in [5, 5.41) is 1.26. The topological polar surface area (TPSA) is 0 Å². The highest BCUT2D eigenvalue weighted by molar-refractivity contribution is 9.09. The Morgan fingerprint density at radius 2 is 2.21 bits per heavy atom. The lowest BCUT2D eigenvalue weighted by atomic mass is 9.69. The Labute approximate surface area is 97.0 Å². The number of hydrogen-bond donors (Lipinski definition) is 0. The second-order valence-electron chi connectivity index (χ2n) is 5.79. The molecule has 0 spiro atoms. The minimum absolute atomic E-state index is 0.693. The van der Waals surface area contributed by atoms with Crippen molar-refractivity contribution in [3.05, 3.63) is 0 Å². The molecule has 14 heavy (non-hydrogen) atoms. The van der Waals surface area contributed by atoms with Gasteiger partial charge in [-0.1, -0.05) is 42.6 Å². The normalized spacial score (nSPS) is 43.1. The van der Waals surface area contributed by atoms with Crippen molar-refractivity contribution in [2.24, 2.45) is 23.2 Å². The van der Waals surface area contributed by atoms with Gasteiger partial charge >= 0.3 is 0 Å². The molecule has 2 bridgehead atoms. The van der Waals surface area contributed by atoms with Gasteiger partial charge < -0.3 is 0 Å². The van der Waals surface area contributed by atoms with Crippen molar-refractivity contribution in [1.29, 1.82) is 0 Å². The summed E-state index contributed by atoms with van der Waals surface area (Å²) in [4.78, 5) is 0. The maximum atomic E-state index is 3.79. The summed E-state index contributed by atoms with van der Waals surface area (Å²) in [6.07, 6.45) is 8.93. The summed E-state index contributed by atoms with van der Waals surface area (Å²) < 4.78 is 0. The van der Waals surface area contributed by atoms with Crippen LogP contribution in [-0.4, -0.2) is 5.33 Å². The van der Waals surface area contributed by atoms with Crippen LogP contribution in [0.4, 0.5) is 0 Å².